The Morgan fingerprint density at radius 2 is 2.05 bits per heavy atom. The number of nitrogens with one attached hydrogen (secondary N) is 1. The Morgan fingerprint density at radius 1 is 1.24 bits per heavy atom. The number of benzene rings is 1. The fourth-order valence-corrected chi connectivity index (χ4v) is 2.29. The van der Waals surface area contributed by atoms with Crippen LogP contribution in [0.1, 0.15) is 15.3 Å². The molecule has 0 aliphatic carbocycles. The molecule has 1 heterocycles. The van der Waals surface area contributed by atoms with E-state index in [1.54, 1.807) is 0 Å². The minimum Gasteiger partial charge on any atom is -0.445 e. The van der Waals surface area contributed by atoms with Crippen LogP contribution in [0.5, 0.6) is 0 Å². The highest BCUT2D eigenvalue weighted by molar-refractivity contribution is 7.12. The molecule has 0 spiro atoms. The molecule has 0 radical (unpaired) electrons. The van der Waals surface area contributed by atoms with Crippen molar-refractivity contribution in [3.8, 4) is 11.8 Å². The number of rotatable bonds is 4. The van der Waals surface area contributed by atoms with Gasteiger partial charge in [0.2, 0.25) is 0 Å². The Labute approximate surface area is 127 Å². The molecule has 0 saturated carbocycles. The molecule has 0 saturated heterocycles. The highest BCUT2D eigenvalue weighted by atomic mass is 32.1. The maximum absolute atomic E-state index is 11.4. The van der Waals surface area contributed by atoms with Gasteiger partial charge in [-0.2, -0.15) is 0 Å². The Hall–Kier alpha value is -2.29. The number of carbonyl (C=O) groups excluding carboxylic acids is 1. The second kappa shape index (κ2) is 8.10. The molecule has 0 bridgehead atoms. The van der Waals surface area contributed by atoms with Gasteiger partial charge in [0, 0.05) is 4.88 Å². The average molecular weight is 301 g/mol. The zero-order valence-corrected chi connectivity index (χ0v) is 12.2. The predicted octanol–water partition coefficient (Wildman–Crippen LogP) is 2.52. The quantitative estimate of drug-likeness (QED) is 0.853. The van der Waals surface area contributed by atoms with Gasteiger partial charge in [0.25, 0.3) is 0 Å². The van der Waals surface area contributed by atoms with E-state index in [-0.39, 0.29) is 19.8 Å². The van der Waals surface area contributed by atoms with E-state index in [0.717, 1.165) is 15.3 Å². The molecule has 0 aliphatic heterocycles. The molecule has 4 nitrogen and oxygen atoms in total. The largest absolute Gasteiger partial charge is 0.445 e. The lowest BCUT2D eigenvalue weighted by molar-refractivity contribution is 0.141. The lowest BCUT2D eigenvalue weighted by Gasteiger charge is -2.04. The van der Waals surface area contributed by atoms with Gasteiger partial charge in [-0.3, -0.25) is 0 Å². The van der Waals surface area contributed by atoms with Gasteiger partial charge in [0.1, 0.15) is 6.61 Å². The summed E-state index contributed by atoms with van der Waals surface area (Å²) in [4.78, 5) is 13.2. The number of thiophene rings is 1. The molecule has 2 aromatic rings. The third-order valence-corrected chi connectivity index (χ3v) is 3.55. The lowest BCUT2D eigenvalue weighted by atomic mass is 10.2. The molecule has 2 rings (SSSR count). The summed E-state index contributed by atoms with van der Waals surface area (Å²) in [6.07, 6.45) is -0.490. The van der Waals surface area contributed by atoms with Gasteiger partial charge in [-0.1, -0.05) is 42.2 Å². The van der Waals surface area contributed by atoms with E-state index in [0.29, 0.717) is 0 Å². The first-order valence-corrected chi connectivity index (χ1v) is 7.22. The van der Waals surface area contributed by atoms with Crippen molar-refractivity contribution in [1.82, 2.24) is 5.32 Å². The summed E-state index contributed by atoms with van der Waals surface area (Å²) in [6.45, 7) is 0.487. The number of ether oxygens (including phenoxy) is 1. The summed E-state index contributed by atoms with van der Waals surface area (Å²) < 4.78 is 5.05. The molecule has 0 aliphatic rings. The highest BCUT2D eigenvalue weighted by Crippen LogP contribution is 2.14. The van der Waals surface area contributed by atoms with Crippen molar-refractivity contribution in [3.63, 3.8) is 0 Å². The third-order valence-electron chi connectivity index (χ3n) is 2.56. The van der Waals surface area contributed by atoms with Crippen LogP contribution in [0.25, 0.3) is 0 Å². The molecular formula is C16H15NO3S. The molecule has 21 heavy (non-hydrogen) atoms. The molecular weight excluding hydrogens is 286 g/mol. The van der Waals surface area contributed by atoms with Crippen molar-refractivity contribution in [1.29, 1.82) is 0 Å². The van der Waals surface area contributed by atoms with Gasteiger partial charge >= 0.3 is 6.09 Å². The average Bonchev–Trinajstić information content (AvgIpc) is 2.98. The summed E-state index contributed by atoms with van der Waals surface area (Å²) in [5.74, 6) is 5.75. The Bertz CT molecular complexity index is 640. The summed E-state index contributed by atoms with van der Waals surface area (Å²) >= 11 is 1.43. The monoisotopic (exact) mass is 301 g/mol. The number of alkyl carbamates (subject to hydrolysis) is 1. The van der Waals surface area contributed by atoms with Crippen molar-refractivity contribution < 1.29 is 14.6 Å². The van der Waals surface area contributed by atoms with E-state index < -0.39 is 6.09 Å². The number of amides is 1. The van der Waals surface area contributed by atoms with Crippen molar-refractivity contribution in [2.45, 2.75) is 13.2 Å². The lowest BCUT2D eigenvalue weighted by Crippen LogP contribution is -2.24. The number of hydrogen-bond donors (Lipinski definition) is 2. The van der Waals surface area contributed by atoms with Crippen LogP contribution in [-0.4, -0.2) is 17.7 Å². The first kappa shape index (κ1) is 15.1. The van der Waals surface area contributed by atoms with Crippen LogP contribution in [0.3, 0.4) is 0 Å². The van der Waals surface area contributed by atoms with E-state index in [2.05, 4.69) is 17.2 Å². The fourth-order valence-electron chi connectivity index (χ4n) is 1.55. The van der Waals surface area contributed by atoms with E-state index in [9.17, 15) is 4.79 Å². The van der Waals surface area contributed by atoms with Crippen LogP contribution in [0.4, 0.5) is 4.79 Å². The number of aliphatic hydroxyl groups is 1. The first-order chi connectivity index (χ1) is 10.3. The van der Waals surface area contributed by atoms with Gasteiger partial charge in [0.15, 0.2) is 0 Å². The SMILES string of the molecule is O=C(NCC#Cc1ccc(CO)s1)OCc1ccccc1. The van der Waals surface area contributed by atoms with Crippen LogP contribution in [0.15, 0.2) is 42.5 Å². The first-order valence-electron chi connectivity index (χ1n) is 6.41. The minimum atomic E-state index is -0.490. The van der Waals surface area contributed by atoms with Crippen LogP contribution in [-0.2, 0) is 18.0 Å². The number of aliphatic hydroxyl groups excluding tert-OH is 1. The maximum atomic E-state index is 11.4. The zero-order chi connectivity index (χ0) is 14.9. The van der Waals surface area contributed by atoms with Crippen molar-refractivity contribution in [3.05, 3.63) is 57.8 Å². The highest BCUT2D eigenvalue weighted by Gasteiger charge is 2.00. The van der Waals surface area contributed by atoms with Crippen molar-refractivity contribution >= 4 is 17.4 Å². The van der Waals surface area contributed by atoms with Crippen LogP contribution < -0.4 is 5.32 Å². The number of carbonyl (C=O) groups is 1. The molecule has 1 amide bonds. The molecule has 5 heteroatoms. The Morgan fingerprint density at radius 3 is 2.76 bits per heavy atom. The zero-order valence-electron chi connectivity index (χ0n) is 11.3. The maximum Gasteiger partial charge on any atom is 0.408 e. The molecule has 1 aromatic heterocycles. The van der Waals surface area contributed by atoms with Crippen LogP contribution in [0.2, 0.25) is 0 Å². The number of hydrogen-bond acceptors (Lipinski definition) is 4. The summed E-state index contributed by atoms with van der Waals surface area (Å²) in [5, 5.41) is 11.5. The standard InChI is InChI=1S/C16H15NO3S/c18-11-15-9-8-14(21-15)7-4-10-17-16(19)20-12-13-5-2-1-3-6-13/h1-3,5-6,8-9,18H,10-12H2,(H,17,19). The van der Waals surface area contributed by atoms with Crippen molar-refractivity contribution in [2.75, 3.05) is 6.54 Å². The van der Waals surface area contributed by atoms with Crippen LogP contribution in [0, 0.1) is 11.8 Å². The Kier molecular flexibility index (Phi) is 5.83. The van der Waals surface area contributed by atoms with Gasteiger partial charge in [-0.25, -0.2) is 4.79 Å². The summed E-state index contributed by atoms with van der Waals surface area (Å²) in [7, 11) is 0. The van der Waals surface area contributed by atoms with Gasteiger partial charge < -0.3 is 15.2 Å². The molecule has 0 unspecified atom stereocenters. The predicted molar refractivity (Wildman–Crippen MR) is 81.7 cm³/mol. The minimum absolute atomic E-state index is 0.0242. The van der Waals surface area contributed by atoms with E-state index in [1.165, 1.54) is 11.3 Å². The normalized spacial score (nSPS) is 9.57. The second-order valence-electron chi connectivity index (χ2n) is 4.14. The van der Waals surface area contributed by atoms with Crippen molar-refractivity contribution in [2.24, 2.45) is 0 Å². The molecule has 1 aromatic carbocycles. The fraction of sp³-hybridized carbons (Fsp3) is 0.188. The Balaban J connectivity index is 1.70. The molecule has 0 atom stereocenters. The summed E-state index contributed by atoms with van der Waals surface area (Å²) in [6, 6.07) is 13.2. The van der Waals surface area contributed by atoms with E-state index >= 15 is 0 Å². The molecule has 108 valence electrons. The van der Waals surface area contributed by atoms with Crippen LogP contribution >= 0.6 is 11.3 Å². The second-order valence-corrected chi connectivity index (χ2v) is 5.31. The van der Waals surface area contributed by atoms with Gasteiger partial charge in [-0.05, 0) is 17.7 Å². The topological polar surface area (TPSA) is 58.6 Å². The van der Waals surface area contributed by atoms with E-state index in [4.69, 9.17) is 9.84 Å². The summed E-state index contributed by atoms with van der Waals surface area (Å²) in [5.41, 5.74) is 0.939. The van der Waals surface area contributed by atoms with E-state index in [1.807, 2.05) is 42.5 Å². The smallest absolute Gasteiger partial charge is 0.408 e. The molecule has 0 fully saturated rings. The van der Waals surface area contributed by atoms with Gasteiger partial charge in [0.05, 0.1) is 18.0 Å². The molecule has 2 N–H and O–H groups in total. The third kappa shape index (κ3) is 5.30. The van der Waals surface area contributed by atoms with Gasteiger partial charge in [-0.15, -0.1) is 11.3 Å².